The molecule has 0 spiro atoms. The molecule has 2 nitrogen and oxygen atoms in total. The third kappa shape index (κ3) is 1.93. The Kier molecular flexibility index (Phi) is 2.58. The summed E-state index contributed by atoms with van der Waals surface area (Å²) in [5, 5.41) is 5.63. The van der Waals surface area contributed by atoms with Crippen LogP contribution in [0, 0.1) is 6.92 Å². The van der Waals surface area contributed by atoms with Crippen molar-refractivity contribution in [3.63, 3.8) is 0 Å². The van der Waals surface area contributed by atoms with E-state index in [-0.39, 0.29) is 0 Å². The Hall–Kier alpha value is -1.06. The van der Waals surface area contributed by atoms with Crippen molar-refractivity contribution in [2.75, 3.05) is 0 Å². The highest BCUT2D eigenvalue weighted by atomic mass is 32.1. The minimum Gasteiger partial charge on any atom is -0.467 e. The second-order valence-electron chi connectivity index (χ2n) is 4.35. The maximum absolute atomic E-state index is 5.57. The first-order chi connectivity index (χ1) is 7.84. The molecule has 0 amide bonds. The number of thiophene rings is 1. The summed E-state index contributed by atoms with van der Waals surface area (Å²) in [6.45, 7) is 3.00. The highest BCUT2D eigenvalue weighted by Gasteiger charge is 2.21. The predicted octanol–water partition coefficient (Wildman–Crippen LogP) is 3.57. The van der Waals surface area contributed by atoms with Gasteiger partial charge in [0, 0.05) is 16.5 Å². The van der Waals surface area contributed by atoms with E-state index in [1.165, 1.54) is 28.8 Å². The summed E-state index contributed by atoms with van der Waals surface area (Å²) in [6.07, 6.45) is 4.42. The molecule has 2 heterocycles. The quantitative estimate of drug-likeness (QED) is 0.873. The molecule has 0 saturated heterocycles. The standard InChI is InChI=1S/C13H15NOS/c1-9-5-7-16-13(9)11-4-6-15-12(11)8-14-10-2-3-10/h4-7,10,14H,2-3,8H2,1H3. The van der Waals surface area contributed by atoms with Crippen LogP contribution in [-0.2, 0) is 6.54 Å². The van der Waals surface area contributed by atoms with Crippen LogP contribution in [0.3, 0.4) is 0 Å². The molecule has 2 aromatic rings. The van der Waals surface area contributed by atoms with E-state index in [9.17, 15) is 0 Å². The first-order valence-electron chi connectivity index (χ1n) is 5.69. The van der Waals surface area contributed by atoms with Crippen molar-refractivity contribution >= 4 is 11.3 Å². The van der Waals surface area contributed by atoms with Crippen molar-refractivity contribution in [1.29, 1.82) is 0 Å². The molecule has 0 atom stereocenters. The van der Waals surface area contributed by atoms with E-state index < -0.39 is 0 Å². The third-order valence-corrected chi connectivity index (χ3v) is 4.03. The van der Waals surface area contributed by atoms with Crippen LogP contribution < -0.4 is 5.32 Å². The van der Waals surface area contributed by atoms with E-state index >= 15 is 0 Å². The Morgan fingerprint density at radius 2 is 2.31 bits per heavy atom. The molecule has 3 rings (SSSR count). The van der Waals surface area contributed by atoms with Crippen LogP contribution in [0.5, 0.6) is 0 Å². The Bertz CT molecular complexity index is 482. The van der Waals surface area contributed by atoms with Crippen LogP contribution in [0.25, 0.3) is 10.4 Å². The molecule has 1 aliphatic carbocycles. The first kappa shape index (κ1) is 10.1. The lowest BCUT2D eigenvalue weighted by Gasteiger charge is -2.03. The smallest absolute Gasteiger partial charge is 0.126 e. The van der Waals surface area contributed by atoms with Gasteiger partial charge in [0.2, 0.25) is 0 Å². The maximum Gasteiger partial charge on any atom is 0.126 e. The fourth-order valence-corrected chi connectivity index (χ4v) is 2.82. The van der Waals surface area contributed by atoms with Crippen LogP contribution in [0.4, 0.5) is 0 Å². The van der Waals surface area contributed by atoms with Crippen molar-refractivity contribution in [3.8, 4) is 10.4 Å². The monoisotopic (exact) mass is 233 g/mol. The zero-order valence-electron chi connectivity index (χ0n) is 9.32. The summed E-state index contributed by atoms with van der Waals surface area (Å²) >= 11 is 1.78. The van der Waals surface area contributed by atoms with Crippen LogP contribution in [-0.4, -0.2) is 6.04 Å². The van der Waals surface area contributed by atoms with E-state index in [1.807, 2.05) is 0 Å². The van der Waals surface area contributed by atoms with Gasteiger partial charge in [0.1, 0.15) is 5.76 Å². The molecule has 1 fully saturated rings. The van der Waals surface area contributed by atoms with Gasteiger partial charge in [-0.15, -0.1) is 11.3 Å². The van der Waals surface area contributed by atoms with E-state index in [4.69, 9.17) is 4.42 Å². The van der Waals surface area contributed by atoms with Gasteiger partial charge in [0.25, 0.3) is 0 Å². The van der Waals surface area contributed by atoms with Crippen LogP contribution in [0.2, 0.25) is 0 Å². The largest absolute Gasteiger partial charge is 0.467 e. The predicted molar refractivity (Wildman–Crippen MR) is 66.6 cm³/mol. The Labute approximate surface area is 99.3 Å². The van der Waals surface area contributed by atoms with Crippen molar-refractivity contribution in [2.45, 2.75) is 32.4 Å². The van der Waals surface area contributed by atoms with Crippen molar-refractivity contribution in [3.05, 3.63) is 35.1 Å². The molecule has 0 aromatic carbocycles. The van der Waals surface area contributed by atoms with Gasteiger partial charge in [-0.1, -0.05) is 0 Å². The zero-order valence-corrected chi connectivity index (χ0v) is 10.1. The van der Waals surface area contributed by atoms with Gasteiger partial charge >= 0.3 is 0 Å². The van der Waals surface area contributed by atoms with Crippen molar-refractivity contribution < 1.29 is 4.42 Å². The molecule has 84 valence electrons. The van der Waals surface area contributed by atoms with E-state index in [1.54, 1.807) is 17.6 Å². The van der Waals surface area contributed by atoms with Gasteiger partial charge < -0.3 is 9.73 Å². The van der Waals surface area contributed by atoms with Gasteiger partial charge in [-0.3, -0.25) is 0 Å². The third-order valence-electron chi connectivity index (χ3n) is 2.98. The number of aryl methyl sites for hydroxylation is 1. The number of nitrogens with one attached hydrogen (secondary N) is 1. The number of rotatable bonds is 4. The average Bonchev–Trinajstić information content (AvgIpc) is 2.83. The Morgan fingerprint density at radius 3 is 3.00 bits per heavy atom. The number of hydrogen-bond donors (Lipinski definition) is 1. The number of furan rings is 1. The maximum atomic E-state index is 5.57. The Morgan fingerprint density at radius 1 is 1.44 bits per heavy atom. The minimum atomic E-state index is 0.724. The van der Waals surface area contributed by atoms with Crippen LogP contribution in [0.1, 0.15) is 24.2 Å². The van der Waals surface area contributed by atoms with E-state index in [2.05, 4.69) is 29.8 Å². The van der Waals surface area contributed by atoms with Crippen molar-refractivity contribution in [1.82, 2.24) is 5.32 Å². The summed E-state index contributed by atoms with van der Waals surface area (Å²) in [5.74, 6) is 1.07. The molecule has 0 radical (unpaired) electrons. The van der Waals surface area contributed by atoms with Gasteiger partial charge in [0.15, 0.2) is 0 Å². The molecular formula is C13H15NOS. The normalized spacial score (nSPS) is 15.6. The topological polar surface area (TPSA) is 25.2 Å². The van der Waals surface area contributed by atoms with Crippen LogP contribution >= 0.6 is 11.3 Å². The second-order valence-corrected chi connectivity index (χ2v) is 5.26. The molecule has 1 saturated carbocycles. The fraction of sp³-hybridized carbons (Fsp3) is 0.385. The molecule has 0 aliphatic heterocycles. The fourth-order valence-electron chi connectivity index (χ4n) is 1.85. The minimum absolute atomic E-state index is 0.724. The van der Waals surface area contributed by atoms with Gasteiger partial charge in [-0.25, -0.2) is 0 Å². The molecule has 3 heteroatoms. The van der Waals surface area contributed by atoms with Gasteiger partial charge in [-0.05, 0) is 42.8 Å². The highest BCUT2D eigenvalue weighted by molar-refractivity contribution is 7.13. The molecule has 1 N–H and O–H groups in total. The van der Waals surface area contributed by atoms with E-state index in [0.717, 1.165) is 18.3 Å². The SMILES string of the molecule is Cc1ccsc1-c1ccoc1CNC1CC1. The van der Waals surface area contributed by atoms with Crippen molar-refractivity contribution in [2.24, 2.45) is 0 Å². The molecule has 16 heavy (non-hydrogen) atoms. The first-order valence-corrected chi connectivity index (χ1v) is 6.57. The number of hydrogen-bond acceptors (Lipinski definition) is 3. The lowest BCUT2D eigenvalue weighted by molar-refractivity contribution is 0.483. The van der Waals surface area contributed by atoms with Crippen LogP contribution in [0.15, 0.2) is 28.2 Å². The Balaban J connectivity index is 1.83. The van der Waals surface area contributed by atoms with E-state index in [0.29, 0.717) is 0 Å². The zero-order chi connectivity index (χ0) is 11.0. The lowest BCUT2D eigenvalue weighted by Crippen LogP contribution is -2.15. The molecule has 0 unspecified atom stereocenters. The van der Waals surface area contributed by atoms with Gasteiger partial charge in [-0.2, -0.15) is 0 Å². The molecule has 2 aromatic heterocycles. The molecule has 0 bridgehead atoms. The summed E-state index contributed by atoms with van der Waals surface area (Å²) in [5.41, 5.74) is 2.58. The lowest BCUT2D eigenvalue weighted by atomic mass is 10.1. The van der Waals surface area contributed by atoms with Gasteiger partial charge in [0.05, 0.1) is 12.8 Å². The summed E-state index contributed by atoms with van der Waals surface area (Å²) < 4.78 is 5.57. The highest BCUT2D eigenvalue weighted by Crippen LogP contribution is 2.32. The summed E-state index contributed by atoms with van der Waals surface area (Å²) in [4.78, 5) is 1.33. The molecule has 1 aliphatic rings. The summed E-state index contributed by atoms with van der Waals surface area (Å²) in [7, 11) is 0. The summed E-state index contributed by atoms with van der Waals surface area (Å²) in [6, 6.07) is 4.95. The average molecular weight is 233 g/mol. The molecular weight excluding hydrogens is 218 g/mol. The second kappa shape index (κ2) is 4.07.